The zero-order chi connectivity index (χ0) is 38.3. The largest absolute Gasteiger partial charge is 0.310 e. The van der Waals surface area contributed by atoms with Gasteiger partial charge in [0.05, 0.1) is 22.5 Å². The molecule has 0 atom stereocenters. The lowest BCUT2D eigenvalue weighted by atomic mass is 9.80. The van der Waals surface area contributed by atoms with Gasteiger partial charge in [-0.15, -0.1) is 0 Å². The third-order valence-corrected chi connectivity index (χ3v) is 10.0. The first-order valence-electron chi connectivity index (χ1n) is 17.6. The van der Waals surface area contributed by atoms with E-state index in [-0.39, 0.29) is 27.9 Å². The summed E-state index contributed by atoms with van der Waals surface area (Å²) in [6.07, 6.45) is 0. The van der Waals surface area contributed by atoms with Crippen LogP contribution < -0.4 is 15.3 Å². The van der Waals surface area contributed by atoms with Crippen molar-refractivity contribution in [3.8, 4) is 22.3 Å². The summed E-state index contributed by atoms with van der Waals surface area (Å²) in [6, 6.07) is 40.5. The molecule has 8 heteroatoms. The second-order valence-electron chi connectivity index (χ2n) is 13.4. The molecule has 0 amide bonds. The van der Waals surface area contributed by atoms with Crippen molar-refractivity contribution in [1.29, 1.82) is 0 Å². The Morgan fingerprint density at radius 1 is 0.407 bits per heavy atom. The maximum atomic E-state index is 16.6. The molecule has 268 valence electrons. The standard InChI is InChI=1S/C46H36BF5N2/c1-27-26-36(53(31-17-9-5-10-18-31)32-19-11-6-12-20-32)41(48)29(3)37(27)39-44(51)42(49)38(43(50)45(39)52)35-25-28(2)46(30(4)40(35)47)54(33-21-13-7-14-22-33)34-23-15-8-16-24-34/h5-26H,47H2,1-4H3. The van der Waals surface area contributed by atoms with Crippen LogP contribution >= 0.6 is 0 Å². The normalized spacial score (nSPS) is 11.1. The van der Waals surface area contributed by atoms with Gasteiger partial charge in [0.1, 0.15) is 7.85 Å². The molecule has 54 heavy (non-hydrogen) atoms. The molecule has 0 aliphatic rings. The number of hydrogen-bond acceptors (Lipinski definition) is 2. The van der Waals surface area contributed by atoms with Crippen LogP contribution in [-0.4, -0.2) is 7.85 Å². The van der Waals surface area contributed by atoms with Crippen LogP contribution in [0.4, 0.5) is 56.1 Å². The number of nitrogens with zero attached hydrogens (tertiary/aromatic N) is 2. The van der Waals surface area contributed by atoms with Gasteiger partial charge in [-0.3, -0.25) is 0 Å². The van der Waals surface area contributed by atoms with Gasteiger partial charge in [-0.1, -0.05) is 78.3 Å². The molecule has 7 rings (SSSR count). The van der Waals surface area contributed by atoms with Gasteiger partial charge >= 0.3 is 0 Å². The lowest BCUT2D eigenvalue weighted by molar-refractivity contribution is 0.462. The summed E-state index contributed by atoms with van der Waals surface area (Å²) in [5.74, 6) is -7.09. The Kier molecular flexibility index (Phi) is 9.86. The Morgan fingerprint density at radius 2 is 0.796 bits per heavy atom. The van der Waals surface area contributed by atoms with Crippen LogP contribution in [-0.2, 0) is 0 Å². The van der Waals surface area contributed by atoms with Crippen molar-refractivity contribution in [2.45, 2.75) is 27.7 Å². The quantitative estimate of drug-likeness (QED) is 0.0875. The molecule has 0 radical (unpaired) electrons. The average molecular weight is 723 g/mol. The topological polar surface area (TPSA) is 6.48 Å². The molecule has 0 aliphatic heterocycles. The fraction of sp³-hybridized carbons (Fsp3) is 0.0870. The molecule has 0 aromatic heterocycles. The number of rotatable bonds is 8. The predicted molar refractivity (Wildman–Crippen MR) is 214 cm³/mol. The summed E-state index contributed by atoms with van der Waals surface area (Å²) in [6.45, 7) is 6.52. The van der Waals surface area contributed by atoms with E-state index in [4.69, 9.17) is 0 Å². The van der Waals surface area contributed by atoms with E-state index in [0.29, 0.717) is 28.0 Å². The summed E-state index contributed by atoms with van der Waals surface area (Å²) in [5, 5.41) is 0. The highest BCUT2D eigenvalue weighted by atomic mass is 19.2. The van der Waals surface area contributed by atoms with Gasteiger partial charge in [0.15, 0.2) is 29.1 Å². The van der Waals surface area contributed by atoms with E-state index in [1.54, 1.807) is 32.7 Å². The first-order valence-corrected chi connectivity index (χ1v) is 17.6. The van der Waals surface area contributed by atoms with Gasteiger partial charge in [-0.25, -0.2) is 22.0 Å². The maximum absolute atomic E-state index is 16.6. The molecular formula is C46H36BF5N2. The lowest BCUT2D eigenvalue weighted by Gasteiger charge is -2.30. The third kappa shape index (κ3) is 6.21. The van der Waals surface area contributed by atoms with Crippen LogP contribution in [0.25, 0.3) is 22.3 Å². The van der Waals surface area contributed by atoms with Crippen molar-refractivity contribution in [3.63, 3.8) is 0 Å². The number of benzene rings is 7. The monoisotopic (exact) mass is 722 g/mol. The highest BCUT2D eigenvalue weighted by molar-refractivity contribution is 6.37. The van der Waals surface area contributed by atoms with Gasteiger partial charge < -0.3 is 9.80 Å². The number of para-hydroxylation sites is 4. The van der Waals surface area contributed by atoms with Crippen LogP contribution in [0.3, 0.4) is 0 Å². The predicted octanol–water partition coefficient (Wildman–Crippen LogP) is 12.1. The van der Waals surface area contributed by atoms with Crippen LogP contribution in [0.15, 0.2) is 133 Å². The van der Waals surface area contributed by atoms with Gasteiger partial charge in [-0.05, 0) is 122 Å². The van der Waals surface area contributed by atoms with Gasteiger partial charge in [0, 0.05) is 22.7 Å². The molecule has 0 saturated heterocycles. The Hall–Kier alpha value is -6.15. The van der Waals surface area contributed by atoms with Gasteiger partial charge in [-0.2, -0.15) is 0 Å². The Morgan fingerprint density at radius 3 is 1.22 bits per heavy atom. The van der Waals surface area contributed by atoms with E-state index in [0.717, 1.165) is 17.1 Å². The fourth-order valence-corrected chi connectivity index (χ4v) is 7.39. The first-order chi connectivity index (χ1) is 26.0. The van der Waals surface area contributed by atoms with Crippen molar-refractivity contribution in [2.24, 2.45) is 0 Å². The molecule has 0 N–H and O–H groups in total. The molecule has 0 heterocycles. The zero-order valence-corrected chi connectivity index (χ0v) is 30.5. The molecule has 0 bridgehead atoms. The molecule has 7 aromatic rings. The number of aryl methyl sites for hydroxylation is 2. The Labute approximate surface area is 313 Å². The Balaban J connectivity index is 1.38. The minimum Gasteiger partial charge on any atom is -0.310 e. The minimum absolute atomic E-state index is 0.0190. The van der Waals surface area contributed by atoms with Crippen LogP contribution in [0, 0.1) is 56.8 Å². The molecule has 7 aromatic carbocycles. The van der Waals surface area contributed by atoms with Gasteiger partial charge in [0.2, 0.25) is 0 Å². The lowest BCUT2D eigenvalue weighted by Crippen LogP contribution is -2.21. The summed E-state index contributed by atoms with van der Waals surface area (Å²) >= 11 is 0. The molecule has 2 nitrogen and oxygen atoms in total. The fourth-order valence-electron chi connectivity index (χ4n) is 7.39. The molecule has 0 saturated carbocycles. The van der Waals surface area contributed by atoms with E-state index in [9.17, 15) is 0 Å². The number of halogens is 5. The molecular weight excluding hydrogens is 686 g/mol. The summed E-state index contributed by atoms with van der Waals surface area (Å²) in [4.78, 5) is 3.73. The molecule has 0 unspecified atom stereocenters. The third-order valence-electron chi connectivity index (χ3n) is 10.0. The van der Waals surface area contributed by atoms with E-state index in [1.165, 1.54) is 13.0 Å². The van der Waals surface area contributed by atoms with Gasteiger partial charge in [0.25, 0.3) is 0 Å². The molecule has 0 spiro atoms. The maximum Gasteiger partial charge on any atom is 0.170 e. The number of anilines is 6. The van der Waals surface area contributed by atoms with Crippen LogP contribution in [0.5, 0.6) is 0 Å². The SMILES string of the molecule is Bc1c(-c2c(F)c(F)c(-c3c(C)cc(N(c4ccccc4)c4ccccc4)c(F)c3C)c(F)c2F)cc(C)c(N(c2ccccc2)c2ccccc2)c1C. The van der Waals surface area contributed by atoms with E-state index >= 15 is 22.0 Å². The summed E-state index contributed by atoms with van der Waals surface area (Å²) in [5.41, 5.74) is 3.74. The average Bonchev–Trinajstić information content (AvgIpc) is 3.19. The highest BCUT2D eigenvalue weighted by Crippen LogP contribution is 2.45. The van der Waals surface area contributed by atoms with E-state index in [1.807, 2.05) is 133 Å². The highest BCUT2D eigenvalue weighted by Gasteiger charge is 2.32. The van der Waals surface area contributed by atoms with Crippen molar-refractivity contribution in [3.05, 3.63) is 185 Å². The second-order valence-corrected chi connectivity index (χ2v) is 13.4. The smallest absolute Gasteiger partial charge is 0.170 e. The van der Waals surface area contributed by atoms with E-state index in [2.05, 4.69) is 0 Å². The first kappa shape index (κ1) is 36.2. The van der Waals surface area contributed by atoms with Crippen molar-refractivity contribution in [2.75, 3.05) is 9.80 Å². The van der Waals surface area contributed by atoms with Crippen LogP contribution in [0.2, 0.25) is 0 Å². The Bertz CT molecular complexity index is 2380. The van der Waals surface area contributed by atoms with Crippen molar-refractivity contribution >= 4 is 47.4 Å². The van der Waals surface area contributed by atoms with E-state index < -0.39 is 40.2 Å². The number of hydrogen-bond donors (Lipinski definition) is 0. The summed E-state index contributed by atoms with van der Waals surface area (Å²) < 4.78 is 82.3. The minimum atomic E-state index is -1.60. The second kappa shape index (κ2) is 14.7. The van der Waals surface area contributed by atoms with Crippen LogP contribution in [0.1, 0.15) is 22.3 Å². The van der Waals surface area contributed by atoms with Crippen molar-refractivity contribution in [1.82, 2.24) is 0 Å². The summed E-state index contributed by atoms with van der Waals surface area (Å²) in [7, 11) is 1.68. The zero-order valence-electron chi connectivity index (χ0n) is 30.5. The molecule has 0 aliphatic carbocycles. The van der Waals surface area contributed by atoms with Crippen molar-refractivity contribution < 1.29 is 22.0 Å². The molecule has 0 fully saturated rings.